The summed E-state index contributed by atoms with van der Waals surface area (Å²) in [4.78, 5) is 12.1. The fourth-order valence-corrected chi connectivity index (χ4v) is 2.07. The quantitative estimate of drug-likeness (QED) is 0.909. The summed E-state index contributed by atoms with van der Waals surface area (Å²) in [5, 5.41) is 14.6. The lowest BCUT2D eigenvalue weighted by Gasteiger charge is -2.09. The molecule has 0 saturated heterocycles. The van der Waals surface area contributed by atoms with Gasteiger partial charge in [-0.15, -0.1) is 10.2 Å². The summed E-state index contributed by atoms with van der Waals surface area (Å²) in [6, 6.07) is 9.31. The molecule has 2 aromatic rings. The van der Waals surface area contributed by atoms with Crippen LogP contribution in [0.25, 0.3) is 0 Å². The second-order valence-corrected chi connectivity index (χ2v) is 5.50. The minimum atomic E-state index is -0.300. The van der Waals surface area contributed by atoms with E-state index in [1.165, 1.54) is 0 Å². The van der Waals surface area contributed by atoms with Gasteiger partial charge in [0.1, 0.15) is 5.82 Å². The van der Waals surface area contributed by atoms with Gasteiger partial charge >= 0.3 is 0 Å². The van der Waals surface area contributed by atoms with Gasteiger partial charge < -0.3 is 10.6 Å². The lowest BCUT2D eigenvalue weighted by Crippen LogP contribution is -2.15. The second kappa shape index (κ2) is 5.69. The fourth-order valence-electron chi connectivity index (χ4n) is 1.90. The van der Waals surface area contributed by atoms with E-state index in [-0.39, 0.29) is 11.6 Å². The number of rotatable bonds is 4. The van der Waals surface area contributed by atoms with Crippen LogP contribution >= 0.6 is 11.6 Å². The Morgan fingerprint density at radius 3 is 2.71 bits per heavy atom. The van der Waals surface area contributed by atoms with E-state index in [9.17, 15) is 4.79 Å². The van der Waals surface area contributed by atoms with Gasteiger partial charge in [-0.2, -0.15) is 0 Å². The number of nitrogens with zero attached hydrogens (tertiary/aromatic N) is 2. The van der Waals surface area contributed by atoms with Crippen molar-refractivity contribution >= 4 is 29.0 Å². The Morgan fingerprint density at radius 2 is 2.05 bits per heavy atom. The monoisotopic (exact) mass is 302 g/mol. The molecular weight excluding hydrogens is 288 g/mol. The van der Waals surface area contributed by atoms with Crippen molar-refractivity contribution in [1.29, 1.82) is 0 Å². The third-order valence-corrected chi connectivity index (χ3v) is 3.75. The predicted molar refractivity (Wildman–Crippen MR) is 82.8 cm³/mol. The van der Waals surface area contributed by atoms with Crippen LogP contribution in [-0.2, 0) is 0 Å². The first-order valence-corrected chi connectivity index (χ1v) is 7.18. The molecule has 21 heavy (non-hydrogen) atoms. The van der Waals surface area contributed by atoms with Crippen molar-refractivity contribution < 1.29 is 4.79 Å². The largest absolute Gasteiger partial charge is 0.366 e. The zero-order valence-electron chi connectivity index (χ0n) is 11.6. The highest BCUT2D eigenvalue weighted by atomic mass is 35.5. The molecule has 1 aliphatic carbocycles. The standard InChI is InChI=1S/C15H15ClN4O/c1-9-11(16)3-2-4-12(9)18-15(21)13-7-8-14(20-19-13)17-10-5-6-10/h2-4,7-8,10H,5-6H2,1H3,(H,17,20)(H,18,21). The topological polar surface area (TPSA) is 66.9 Å². The highest BCUT2D eigenvalue weighted by Crippen LogP contribution is 2.24. The molecule has 5 nitrogen and oxygen atoms in total. The molecule has 1 fully saturated rings. The third kappa shape index (κ3) is 3.31. The van der Waals surface area contributed by atoms with Gasteiger partial charge in [0.15, 0.2) is 5.69 Å². The molecule has 0 radical (unpaired) electrons. The summed E-state index contributed by atoms with van der Waals surface area (Å²) in [6.45, 7) is 1.85. The number of hydrogen-bond acceptors (Lipinski definition) is 4. The first kappa shape index (κ1) is 13.8. The van der Waals surface area contributed by atoms with Crippen molar-refractivity contribution in [1.82, 2.24) is 10.2 Å². The summed E-state index contributed by atoms with van der Waals surface area (Å²) in [5.74, 6) is 0.402. The first-order chi connectivity index (χ1) is 10.1. The van der Waals surface area contributed by atoms with Crippen LogP contribution < -0.4 is 10.6 Å². The summed E-state index contributed by atoms with van der Waals surface area (Å²) < 4.78 is 0. The van der Waals surface area contributed by atoms with Gasteiger partial charge in [-0.05, 0) is 49.6 Å². The highest BCUT2D eigenvalue weighted by Gasteiger charge is 2.21. The lowest BCUT2D eigenvalue weighted by atomic mass is 10.2. The van der Waals surface area contributed by atoms with Crippen molar-refractivity contribution in [2.75, 3.05) is 10.6 Å². The first-order valence-electron chi connectivity index (χ1n) is 6.80. The van der Waals surface area contributed by atoms with Crippen molar-refractivity contribution in [3.05, 3.63) is 46.6 Å². The van der Waals surface area contributed by atoms with E-state index >= 15 is 0 Å². The highest BCUT2D eigenvalue weighted by molar-refractivity contribution is 6.31. The van der Waals surface area contributed by atoms with Crippen LogP contribution in [0.5, 0.6) is 0 Å². The molecule has 3 rings (SSSR count). The summed E-state index contributed by atoms with van der Waals surface area (Å²) in [5.41, 5.74) is 1.78. The molecule has 0 atom stereocenters. The van der Waals surface area contributed by atoms with Crippen LogP contribution in [0.3, 0.4) is 0 Å². The number of halogens is 1. The number of amides is 1. The Labute approximate surface area is 127 Å². The predicted octanol–water partition coefficient (Wildman–Crippen LogP) is 3.27. The molecule has 1 amide bonds. The number of aromatic nitrogens is 2. The average molecular weight is 303 g/mol. The van der Waals surface area contributed by atoms with E-state index in [0.29, 0.717) is 22.6 Å². The van der Waals surface area contributed by atoms with E-state index in [1.54, 1.807) is 30.3 Å². The maximum absolute atomic E-state index is 12.1. The number of hydrogen-bond donors (Lipinski definition) is 2. The molecule has 108 valence electrons. The van der Waals surface area contributed by atoms with Gasteiger partial charge in [-0.3, -0.25) is 4.79 Å². The molecule has 6 heteroatoms. The van der Waals surface area contributed by atoms with Crippen molar-refractivity contribution in [3.8, 4) is 0 Å². The Kier molecular flexibility index (Phi) is 3.75. The third-order valence-electron chi connectivity index (χ3n) is 3.34. The van der Waals surface area contributed by atoms with Gasteiger partial charge in [0, 0.05) is 16.8 Å². The SMILES string of the molecule is Cc1c(Cl)cccc1NC(=O)c1ccc(NC2CC2)nn1. The molecule has 0 spiro atoms. The summed E-state index contributed by atoms with van der Waals surface area (Å²) in [7, 11) is 0. The van der Waals surface area contributed by atoms with Gasteiger partial charge in [0.2, 0.25) is 0 Å². The maximum atomic E-state index is 12.1. The Balaban J connectivity index is 1.70. The van der Waals surface area contributed by atoms with E-state index in [0.717, 1.165) is 18.4 Å². The molecule has 1 aliphatic rings. The summed E-state index contributed by atoms with van der Waals surface area (Å²) in [6.07, 6.45) is 2.33. The molecule has 2 N–H and O–H groups in total. The van der Waals surface area contributed by atoms with Crippen LogP contribution in [-0.4, -0.2) is 22.1 Å². The average Bonchev–Trinajstić information content (AvgIpc) is 3.28. The molecule has 1 saturated carbocycles. The van der Waals surface area contributed by atoms with Crippen molar-refractivity contribution in [3.63, 3.8) is 0 Å². The van der Waals surface area contributed by atoms with Crippen molar-refractivity contribution in [2.45, 2.75) is 25.8 Å². The minimum absolute atomic E-state index is 0.274. The molecule has 1 aromatic heterocycles. The van der Waals surface area contributed by atoms with E-state index in [4.69, 9.17) is 11.6 Å². The smallest absolute Gasteiger partial charge is 0.276 e. The number of nitrogens with one attached hydrogen (secondary N) is 2. The van der Waals surface area contributed by atoms with Crippen molar-refractivity contribution in [2.24, 2.45) is 0 Å². The number of anilines is 2. The normalized spacial score (nSPS) is 13.8. The Hall–Kier alpha value is -2.14. The number of carbonyl (C=O) groups is 1. The molecule has 0 bridgehead atoms. The van der Waals surface area contributed by atoms with Crippen LogP contribution in [0.1, 0.15) is 28.9 Å². The lowest BCUT2D eigenvalue weighted by molar-refractivity contribution is 0.102. The molecular formula is C15H15ClN4O. The molecule has 1 aromatic carbocycles. The second-order valence-electron chi connectivity index (χ2n) is 5.09. The van der Waals surface area contributed by atoms with Gasteiger partial charge in [0.25, 0.3) is 5.91 Å². The van der Waals surface area contributed by atoms with Crippen LogP contribution in [0.2, 0.25) is 5.02 Å². The van der Waals surface area contributed by atoms with Crippen LogP contribution in [0.15, 0.2) is 30.3 Å². The van der Waals surface area contributed by atoms with Crippen LogP contribution in [0, 0.1) is 6.92 Å². The van der Waals surface area contributed by atoms with Gasteiger partial charge in [0.05, 0.1) is 0 Å². The number of benzene rings is 1. The minimum Gasteiger partial charge on any atom is -0.366 e. The molecule has 0 aliphatic heterocycles. The van der Waals surface area contributed by atoms with E-state index in [2.05, 4.69) is 20.8 Å². The zero-order chi connectivity index (χ0) is 14.8. The van der Waals surface area contributed by atoms with Crippen LogP contribution in [0.4, 0.5) is 11.5 Å². The van der Waals surface area contributed by atoms with E-state index in [1.807, 2.05) is 6.92 Å². The fraction of sp³-hybridized carbons (Fsp3) is 0.267. The Morgan fingerprint density at radius 1 is 1.24 bits per heavy atom. The maximum Gasteiger partial charge on any atom is 0.276 e. The summed E-state index contributed by atoms with van der Waals surface area (Å²) >= 11 is 6.03. The zero-order valence-corrected chi connectivity index (χ0v) is 12.3. The van der Waals surface area contributed by atoms with Gasteiger partial charge in [-0.1, -0.05) is 17.7 Å². The number of carbonyl (C=O) groups excluding carboxylic acids is 1. The molecule has 0 unspecified atom stereocenters. The van der Waals surface area contributed by atoms with Gasteiger partial charge in [-0.25, -0.2) is 0 Å². The molecule has 1 heterocycles. The Bertz CT molecular complexity index is 668. The van der Waals surface area contributed by atoms with E-state index < -0.39 is 0 Å².